The van der Waals surface area contributed by atoms with Gasteiger partial charge in [0.05, 0.1) is 12.2 Å². The Labute approximate surface area is 158 Å². The number of carbonyl (C=O) groups is 1. The van der Waals surface area contributed by atoms with Gasteiger partial charge in [0.25, 0.3) is 5.91 Å². The lowest BCUT2D eigenvalue weighted by Crippen LogP contribution is -2.29. The number of benzene rings is 2. The van der Waals surface area contributed by atoms with Crippen molar-refractivity contribution in [2.24, 2.45) is 0 Å². The monoisotopic (exact) mass is 359 g/mol. The Morgan fingerprint density at radius 1 is 1.11 bits per heavy atom. The minimum atomic E-state index is -0.0403. The van der Waals surface area contributed by atoms with Crippen LogP contribution >= 0.6 is 0 Å². The van der Waals surface area contributed by atoms with E-state index in [0.717, 1.165) is 23.5 Å². The number of hydrogen-bond donors (Lipinski definition) is 1. The molecule has 136 valence electrons. The molecule has 3 aromatic rings. The predicted molar refractivity (Wildman–Crippen MR) is 107 cm³/mol. The highest BCUT2D eigenvalue weighted by molar-refractivity contribution is 6.10. The minimum absolute atomic E-state index is 0.0403. The summed E-state index contributed by atoms with van der Waals surface area (Å²) >= 11 is 0. The minimum Gasteiger partial charge on any atom is -0.494 e. The van der Waals surface area contributed by atoms with Gasteiger partial charge in [-0.2, -0.15) is 0 Å². The van der Waals surface area contributed by atoms with E-state index >= 15 is 0 Å². The maximum Gasteiger partial charge on any atom is 0.262 e. The molecule has 0 saturated carbocycles. The number of nitrogens with zero attached hydrogens (tertiary/aromatic N) is 2. The van der Waals surface area contributed by atoms with Gasteiger partial charge in [0.1, 0.15) is 11.6 Å². The van der Waals surface area contributed by atoms with Crippen molar-refractivity contribution >= 4 is 23.1 Å². The molecule has 2 aromatic carbocycles. The topological polar surface area (TPSA) is 54.5 Å². The zero-order valence-corrected chi connectivity index (χ0v) is 15.2. The smallest absolute Gasteiger partial charge is 0.262 e. The van der Waals surface area contributed by atoms with Crippen LogP contribution in [-0.4, -0.2) is 24.0 Å². The van der Waals surface area contributed by atoms with Crippen molar-refractivity contribution in [2.75, 3.05) is 23.4 Å². The van der Waals surface area contributed by atoms with Crippen molar-refractivity contribution in [3.05, 3.63) is 78.0 Å². The third-order valence-corrected chi connectivity index (χ3v) is 4.60. The second-order valence-electron chi connectivity index (χ2n) is 6.32. The number of aromatic nitrogens is 1. The molecule has 1 amide bonds. The van der Waals surface area contributed by atoms with Crippen LogP contribution in [0.3, 0.4) is 0 Å². The van der Waals surface area contributed by atoms with E-state index in [1.807, 2.05) is 60.4 Å². The Hall–Kier alpha value is -3.34. The molecule has 2 heterocycles. The quantitative estimate of drug-likeness (QED) is 0.732. The molecular formula is C22H21N3O2. The molecule has 5 heteroatoms. The predicted octanol–water partition coefficient (Wildman–Crippen LogP) is 4.43. The molecule has 0 bridgehead atoms. The number of para-hydroxylation sites is 1. The Balaban J connectivity index is 1.59. The summed E-state index contributed by atoms with van der Waals surface area (Å²) in [6.45, 7) is 3.27. The van der Waals surface area contributed by atoms with Gasteiger partial charge in [0.15, 0.2) is 0 Å². The lowest BCUT2D eigenvalue weighted by Gasteiger charge is -2.19. The number of fused-ring (bicyclic) bond motifs is 1. The molecule has 1 aliphatic heterocycles. The van der Waals surface area contributed by atoms with Gasteiger partial charge < -0.3 is 15.0 Å². The molecule has 4 rings (SSSR count). The Bertz CT molecular complexity index is 954. The summed E-state index contributed by atoms with van der Waals surface area (Å²) in [7, 11) is 0. The van der Waals surface area contributed by atoms with Gasteiger partial charge in [0.2, 0.25) is 0 Å². The fourth-order valence-electron chi connectivity index (χ4n) is 3.31. The van der Waals surface area contributed by atoms with Gasteiger partial charge in [-0.05, 0) is 61.4 Å². The van der Waals surface area contributed by atoms with Crippen LogP contribution < -0.4 is 15.0 Å². The summed E-state index contributed by atoms with van der Waals surface area (Å²) in [6.07, 6.45) is 2.56. The summed E-state index contributed by atoms with van der Waals surface area (Å²) in [6, 6.07) is 19.3. The van der Waals surface area contributed by atoms with Crippen LogP contribution in [0.25, 0.3) is 0 Å². The fraction of sp³-hybridized carbons (Fsp3) is 0.182. The summed E-state index contributed by atoms with van der Waals surface area (Å²) < 4.78 is 5.47. The highest BCUT2D eigenvalue weighted by Crippen LogP contribution is 2.30. The third-order valence-electron chi connectivity index (χ3n) is 4.60. The Morgan fingerprint density at radius 2 is 1.93 bits per heavy atom. The van der Waals surface area contributed by atoms with Gasteiger partial charge in [-0.1, -0.05) is 18.2 Å². The summed E-state index contributed by atoms with van der Waals surface area (Å²) in [5.41, 5.74) is 3.60. The molecule has 5 nitrogen and oxygen atoms in total. The number of anilines is 3. The molecule has 27 heavy (non-hydrogen) atoms. The zero-order valence-electron chi connectivity index (χ0n) is 15.2. The van der Waals surface area contributed by atoms with Crippen molar-refractivity contribution < 1.29 is 9.53 Å². The molecular weight excluding hydrogens is 338 g/mol. The highest BCUT2D eigenvalue weighted by atomic mass is 16.5. The van der Waals surface area contributed by atoms with Gasteiger partial charge in [-0.25, -0.2) is 4.98 Å². The molecule has 0 atom stereocenters. The van der Waals surface area contributed by atoms with Crippen LogP contribution in [0.2, 0.25) is 0 Å². The maximum atomic E-state index is 13.2. The summed E-state index contributed by atoms with van der Waals surface area (Å²) in [5, 5.41) is 3.26. The first-order chi connectivity index (χ1) is 13.3. The Kier molecular flexibility index (Phi) is 4.75. The molecule has 0 spiro atoms. The molecule has 0 unspecified atom stereocenters. The second kappa shape index (κ2) is 7.50. The average molecular weight is 359 g/mol. The van der Waals surface area contributed by atoms with E-state index in [1.54, 1.807) is 12.3 Å². The van der Waals surface area contributed by atoms with E-state index in [0.29, 0.717) is 24.5 Å². The number of rotatable bonds is 5. The first kappa shape index (κ1) is 17.1. The first-order valence-electron chi connectivity index (χ1n) is 9.11. The van der Waals surface area contributed by atoms with Crippen molar-refractivity contribution in [1.82, 2.24) is 4.98 Å². The third kappa shape index (κ3) is 3.49. The normalized spacial score (nSPS) is 12.6. The second-order valence-corrected chi connectivity index (χ2v) is 6.32. The van der Waals surface area contributed by atoms with Crippen LogP contribution in [0.1, 0.15) is 22.8 Å². The van der Waals surface area contributed by atoms with Crippen LogP contribution in [-0.2, 0) is 6.42 Å². The van der Waals surface area contributed by atoms with E-state index in [9.17, 15) is 4.79 Å². The van der Waals surface area contributed by atoms with Gasteiger partial charge >= 0.3 is 0 Å². The van der Waals surface area contributed by atoms with Crippen LogP contribution in [0.5, 0.6) is 5.75 Å². The molecule has 0 saturated heterocycles. The summed E-state index contributed by atoms with van der Waals surface area (Å²) in [4.78, 5) is 19.4. The highest BCUT2D eigenvalue weighted by Gasteiger charge is 2.27. The number of carbonyl (C=O) groups excluding carboxylic acids is 1. The fourth-order valence-corrected chi connectivity index (χ4v) is 3.31. The van der Waals surface area contributed by atoms with Gasteiger partial charge in [-0.3, -0.25) is 4.79 Å². The molecule has 0 radical (unpaired) electrons. The Morgan fingerprint density at radius 3 is 2.74 bits per heavy atom. The van der Waals surface area contributed by atoms with Gasteiger partial charge in [-0.15, -0.1) is 0 Å². The lowest BCUT2D eigenvalue weighted by molar-refractivity contribution is 0.0990. The van der Waals surface area contributed by atoms with Crippen molar-refractivity contribution in [3.63, 3.8) is 0 Å². The van der Waals surface area contributed by atoms with Crippen LogP contribution in [0.4, 0.5) is 17.2 Å². The number of ether oxygens (including phenoxy) is 1. The lowest BCUT2D eigenvalue weighted by atomic mass is 10.1. The van der Waals surface area contributed by atoms with E-state index in [1.165, 1.54) is 5.56 Å². The number of nitrogens with one attached hydrogen (secondary N) is 1. The van der Waals surface area contributed by atoms with Crippen LogP contribution in [0.15, 0.2) is 66.9 Å². The number of amides is 1. The zero-order chi connectivity index (χ0) is 18.6. The number of hydrogen-bond acceptors (Lipinski definition) is 4. The first-order valence-corrected chi connectivity index (χ1v) is 9.11. The van der Waals surface area contributed by atoms with Crippen molar-refractivity contribution in [1.29, 1.82) is 0 Å². The van der Waals surface area contributed by atoms with Crippen molar-refractivity contribution in [3.8, 4) is 5.75 Å². The van der Waals surface area contributed by atoms with Crippen molar-refractivity contribution in [2.45, 2.75) is 13.3 Å². The molecule has 1 N–H and O–H groups in total. The van der Waals surface area contributed by atoms with E-state index in [2.05, 4.69) is 16.4 Å². The molecule has 0 fully saturated rings. The molecule has 1 aromatic heterocycles. The van der Waals surface area contributed by atoms with E-state index in [4.69, 9.17) is 4.74 Å². The van der Waals surface area contributed by atoms with E-state index in [-0.39, 0.29) is 5.91 Å². The standard InChI is InChI=1S/C22H21N3O2/c1-2-27-18-11-9-17(10-12-18)24-21-19(7-5-14-23-21)22(26)25-15-13-16-6-3-4-8-20(16)25/h3-12,14H,2,13,15H2,1H3,(H,23,24). The largest absolute Gasteiger partial charge is 0.494 e. The SMILES string of the molecule is CCOc1ccc(Nc2ncccc2C(=O)N2CCc3ccccc32)cc1. The van der Waals surface area contributed by atoms with Crippen LogP contribution in [0, 0.1) is 0 Å². The molecule has 1 aliphatic rings. The molecule has 0 aliphatic carbocycles. The summed E-state index contributed by atoms with van der Waals surface area (Å²) in [5.74, 6) is 1.33. The van der Waals surface area contributed by atoms with Gasteiger partial charge in [0, 0.05) is 24.1 Å². The number of pyridine rings is 1. The average Bonchev–Trinajstić information content (AvgIpc) is 3.14. The van der Waals surface area contributed by atoms with E-state index < -0.39 is 0 Å². The maximum absolute atomic E-state index is 13.2.